The molecule has 0 aliphatic carbocycles. The molecule has 3 heterocycles. The number of hydrogen-bond donors (Lipinski definition) is 1. The minimum absolute atomic E-state index is 0.0694. The summed E-state index contributed by atoms with van der Waals surface area (Å²) >= 11 is 0. The van der Waals surface area contributed by atoms with Crippen molar-refractivity contribution in [3.8, 4) is 0 Å². The van der Waals surface area contributed by atoms with Crippen molar-refractivity contribution in [1.29, 1.82) is 0 Å². The molecule has 30 heavy (non-hydrogen) atoms. The van der Waals surface area contributed by atoms with Crippen LogP contribution >= 0.6 is 0 Å². The predicted octanol–water partition coefficient (Wildman–Crippen LogP) is 2.62. The Morgan fingerprint density at radius 3 is 2.40 bits per heavy atom. The van der Waals surface area contributed by atoms with Crippen molar-refractivity contribution in [2.75, 3.05) is 24.5 Å². The molecule has 0 spiro atoms. The molecule has 0 saturated carbocycles. The summed E-state index contributed by atoms with van der Waals surface area (Å²) in [5, 5.41) is 0. The third-order valence-electron chi connectivity index (χ3n) is 5.62. The number of benzene rings is 1. The maximum atomic E-state index is 12.8. The van der Waals surface area contributed by atoms with Crippen LogP contribution in [0.3, 0.4) is 0 Å². The molecule has 1 N–H and O–H groups in total. The first kappa shape index (κ1) is 20.6. The second-order valence-electron chi connectivity index (χ2n) is 7.82. The lowest BCUT2D eigenvalue weighted by Gasteiger charge is -2.32. The van der Waals surface area contributed by atoms with Gasteiger partial charge in [0.25, 0.3) is 10.0 Å². The highest BCUT2D eigenvalue weighted by Crippen LogP contribution is 2.28. The minimum Gasteiger partial charge on any atom is -0.356 e. The molecule has 8 nitrogen and oxygen atoms in total. The van der Waals surface area contributed by atoms with E-state index in [-0.39, 0.29) is 4.90 Å². The first-order chi connectivity index (χ1) is 14.4. The van der Waals surface area contributed by atoms with Crippen molar-refractivity contribution in [2.24, 2.45) is 0 Å². The van der Waals surface area contributed by atoms with Gasteiger partial charge in [-0.1, -0.05) is 31.0 Å². The molecule has 0 radical (unpaired) electrons. The molecular formula is C21H27N5O3S. The number of nitrogens with zero attached hydrogens (tertiary/aromatic N) is 4. The number of sulfonamides is 1. The highest BCUT2D eigenvalue weighted by atomic mass is 32.2. The Kier molecular flexibility index (Phi) is 5.90. The number of carbonyl (C=O) groups excluding carboxylic acids is 1. The summed E-state index contributed by atoms with van der Waals surface area (Å²) in [5.41, 5.74) is 1.89. The zero-order valence-corrected chi connectivity index (χ0v) is 18.0. The number of urea groups is 1. The van der Waals surface area contributed by atoms with Gasteiger partial charge in [-0.3, -0.25) is 0 Å². The first-order valence-electron chi connectivity index (χ1n) is 10.4. The second kappa shape index (κ2) is 8.59. The Hall–Kier alpha value is -2.68. The van der Waals surface area contributed by atoms with Gasteiger partial charge in [-0.25, -0.2) is 27.9 Å². The number of fused-ring (bicyclic) bond motifs is 1. The third kappa shape index (κ3) is 4.40. The number of carbonyl (C=O) groups is 1. The Morgan fingerprint density at radius 1 is 1.00 bits per heavy atom. The molecule has 4 rings (SSSR count). The molecule has 2 aliphatic rings. The molecule has 160 valence electrons. The molecule has 0 unspecified atom stereocenters. The van der Waals surface area contributed by atoms with E-state index in [0.29, 0.717) is 19.5 Å². The lowest BCUT2D eigenvalue weighted by atomic mass is 10.1. The molecule has 0 atom stereocenters. The SMILES string of the molecule is Cc1nc2c(c(N3CCCCCC3)n1)CN(C(=O)NS(=O)(=O)c1ccccc1)CC2. The van der Waals surface area contributed by atoms with Gasteiger partial charge in [0.15, 0.2) is 0 Å². The van der Waals surface area contributed by atoms with Crippen LogP contribution in [0.25, 0.3) is 0 Å². The smallest absolute Gasteiger partial charge is 0.331 e. The fourth-order valence-electron chi connectivity index (χ4n) is 4.07. The van der Waals surface area contributed by atoms with E-state index >= 15 is 0 Å². The van der Waals surface area contributed by atoms with Crippen LogP contribution in [0.2, 0.25) is 0 Å². The molecule has 0 bridgehead atoms. The summed E-state index contributed by atoms with van der Waals surface area (Å²) in [6.07, 6.45) is 5.26. The Labute approximate surface area is 177 Å². The number of hydrogen-bond acceptors (Lipinski definition) is 6. The summed E-state index contributed by atoms with van der Waals surface area (Å²) in [5.74, 6) is 1.63. The predicted molar refractivity (Wildman–Crippen MR) is 114 cm³/mol. The highest BCUT2D eigenvalue weighted by molar-refractivity contribution is 7.90. The summed E-state index contributed by atoms with van der Waals surface area (Å²) < 4.78 is 27.3. The molecule has 1 aromatic heterocycles. The first-order valence-corrected chi connectivity index (χ1v) is 11.9. The van der Waals surface area contributed by atoms with E-state index in [0.717, 1.165) is 48.8 Å². The molecule has 2 amide bonds. The van der Waals surface area contributed by atoms with Crippen LogP contribution in [-0.2, 0) is 23.0 Å². The zero-order chi connectivity index (χ0) is 21.1. The Morgan fingerprint density at radius 2 is 1.70 bits per heavy atom. The van der Waals surface area contributed by atoms with Crippen molar-refractivity contribution in [3.63, 3.8) is 0 Å². The van der Waals surface area contributed by atoms with E-state index in [9.17, 15) is 13.2 Å². The summed E-state index contributed by atoms with van der Waals surface area (Å²) in [4.78, 5) is 26.0. The van der Waals surface area contributed by atoms with Crippen LogP contribution < -0.4 is 9.62 Å². The van der Waals surface area contributed by atoms with Gasteiger partial charge in [0, 0.05) is 31.6 Å². The minimum atomic E-state index is -3.91. The topological polar surface area (TPSA) is 95.5 Å². The molecule has 9 heteroatoms. The third-order valence-corrected chi connectivity index (χ3v) is 6.95. The van der Waals surface area contributed by atoms with Gasteiger partial charge in [0.2, 0.25) is 0 Å². The van der Waals surface area contributed by atoms with Crippen molar-refractivity contribution >= 4 is 21.9 Å². The molecule has 2 aliphatic heterocycles. The van der Waals surface area contributed by atoms with Crippen LogP contribution in [0, 0.1) is 6.92 Å². The van der Waals surface area contributed by atoms with Gasteiger partial charge < -0.3 is 9.80 Å². The average molecular weight is 430 g/mol. The summed E-state index contributed by atoms with van der Waals surface area (Å²) in [6, 6.07) is 7.30. The Balaban J connectivity index is 1.56. The highest BCUT2D eigenvalue weighted by Gasteiger charge is 2.29. The maximum absolute atomic E-state index is 12.8. The van der Waals surface area contributed by atoms with Crippen molar-refractivity contribution in [1.82, 2.24) is 19.6 Å². The number of anilines is 1. The van der Waals surface area contributed by atoms with Crippen LogP contribution in [0.1, 0.15) is 42.8 Å². The van der Waals surface area contributed by atoms with E-state index in [1.807, 2.05) is 6.92 Å². The largest absolute Gasteiger partial charge is 0.356 e. The van der Waals surface area contributed by atoms with Crippen molar-refractivity contribution in [3.05, 3.63) is 47.4 Å². The van der Waals surface area contributed by atoms with Gasteiger partial charge in [-0.05, 0) is 31.9 Å². The fourth-order valence-corrected chi connectivity index (χ4v) is 5.06. The van der Waals surface area contributed by atoms with Gasteiger partial charge >= 0.3 is 6.03 Å². The lowest BCUT2D eigenvalue weighted by Crippen LogP contribution is -2.45. The lowest BCUT2D eigenvalue weighted by molar-refractivity contribution is 0.198. The molecule has 1 saturated heterocycles. The van der Waals surface area contributed by atoms with E-state index in [1.165, 1.54) is 29.9 Å². The summed E-state index contributed by atoms with van der Waals surface area (Å²) in [7, 11) is -3.91. The molecule has 1 aromatic carbocycles. The number of nitrogens with one attached hydrogen (secondary N) is 1. The van der Waals surface area contributed by atoms with Gasteiger partial charge in [-0.15, -0.1) is 0 Å². The normalized spacial score (nSPS) is 17.2. The van der Waals surface area contributed by atoms with Crippen LogP contribution in [-0.4, -0.2) is 49.0 Å². The quantitative estimate of drug-likeness (QED) is 0.806. The summed E-state index contributed by atoms with van der Waals surface area (Å²) in [6.45, 7) is 4.50. The monoisotopic (exact) mass is 429 g/mol. The van der Waals surface area contributed by atoms with E-state index in [4.69, 9.17) is 4.98 Å². The molecule has 2 aromatic rings. The van der Waals surface area contributed by atoms with Crippen LogP contribution in [0.5, 0.6) is 0 Å². The second-order valence-corrected chi connectivity index (χ2v) is 9.50. The number of rotatable bonds is 3. The number of aryl methyl sites for hydroxylation is 1. The van der Waals surface area contributed by atoms with Crippen molar-refractivity contribution < 1.29 is 13.2 Å². The molecular weight excluding hydrogens is 402 g/mol. The fraction of sp³-hybridized carbons (Fsp3) is 0.476. The standard InChI is InChI=1S/C21H27N5O3S/c1-16-22-19-11-14-26(21(27)24-30(28,29)17-9-5-4-6-10-17)15-18(19)20(23-16)25-12-7-2-3-8-13-25/h4-6,9-10H,2-3,7-8,11-15H2,1H3,(H,24,27). The Bertz CT molecular complexity index is 1020. The van der Waals surface area contributed by atoms with E-state index in [2.05, 4.69) is 14.6 Å². The van der Waals surface area contributed by atoms with Crippen molar-refractivity contribution in [2.45, 2.75) is 50.5 Å². The zero-order valence-electron chi connectivity index (χ0n) is 17.2. The number of amides is 2. The van der Waals surface area contributed by atoms with Crippen LogP contribution in [0.4, 0.5) is 10.6 Å². The molecule has 1 fully saturated rings. The average Bonchev–Trinajstić information content (AvgIpc) is 3.02. The van der Waals surface area contributed by atoms with E-state index < -0.39 is 16.1 Å². The van der Waals surface area contributed by atoms with Gasteiger partial charge in [0.1, 0.15) is 11.6 Å². The maximum Gasteiger partial charge on any atom is 0.331 e. The van der Waals surface area contributed by atoms with Crippen LogP contribution in [0.15, 0.2) is 35.2 Å². The van der Waals surface area contributed by atoms with E-state index in [1.54, 1.807) is 18.2 Å². The van der Waals surface area contributed by atoms with Gasteiger partial charge in [0.05, 0.1) is 17.1 Å². The van der Waals surface area contributed by atoms with Gasteiger partial charge in [-0.2, -0.15) is 0 Å². The number of aromatic nitrogens is 2.